The van der Waals surface area contributed by atoms with E-state index in [0.29, 0.717) is 41.4 Å². The zero-order valence-electron chi connectivity index (χ0n) is 29.0. The lowest BCUT2D eigenvalue weighted by Gasteiger charge is -2.27. The number of rotatable bonds is 11. The van der Waals surface area contributed by atoms with Gasteiger partial charge in [-0.25, -0.2) is 28.5 Å². The van der Waals surface area contributed by atoms with E-state index in [1.165, 1.54) is 40.6 Å². The van der Waals surface area contributed by atoms with Crippen LogP contribution in [0.15, 0.2) is 51.9 Å². The molecular weight excluding hydrogens is 649 g/mol. The highest BCUT2D eigenvalue weighted by atomic mass is 32.1. The van der Waals surface area contributed by atoms with Gasteiger partial charge < -0.3 is 25.4 Å². The summed E-state index contributed by atoms with van der Waals surface area (Å²) in [5.41, 5.74) is 7.22. The zero-order chi connectivity index (χ0) is 35.8. The molecule has 1 amide bonds. The highest BCUT2D eigenvalue weighted by molar-refractivity contribution is 7.09. The molecule has 3 aromatic heterocycles. The van der Waals surface area contributed by atoms with Crippen LogP contribution in [0.25, 0.3) is 11.0 Å². The van der Waals surface area contributed by atoms with Gasteiger partial charge in [0.05, 0.1) is 34.6 Å². The molecule has 0 saturated carbocycles. The number of aliphatic imine (C=N–C) groups is 2. The molecule has 0 spiro atoms. The average Bonchev–Trinajstić information content (AvgIpc) is 3.64. The third-order valence-electron chi connectivity index (χ3n) is 6.80. The fourth-order valence-corrected chi connectivity index (χ4v) is 5.39. The number of carbonyl (C=O) groups excluding carboxylic acids is 2. The first kappa shape index (κ1) is 37.1. The predicted molar refractivity (Wildman–Crippen MR) is 189 cm³/mol. The van der Waals surface area contributed by atoms with Crippen LogP contribution in [-0.2, 0) is 35.4 Å². The SMILES string of the molecule is CN=CNC(=NCc1ncccc1F)c1csc(CCN(CCc2nc3cc(CN)ccc3n2C(=O)OC(C)(C)C)C(=O)OC(C)(C)C)n1. The van der Waals surface area contributed by atoms with Crippen LogP contribution in [0.5, 0.6) is 0 Å². The Labute approximate surface area is 289 Å². The standard InChI is InChI=1S/C34H44FN9O4S/c1-33(2,3)47-31(45)43(15-12-28-41-24-17-22(18-36)10-11-27(24)44(28)32(46)48-34(4,5)6)16-13-29-42-26(20-49-29)30(40-21-37-7)39-19-25-23(35)9-8-14-38-25/h8-11,14,17,20-21H,12-13,15-16,18-19,36H2,1-7H3,(H,37,39,40). The summed E-state index contributed by atoms with van der Waals surface area (Å²) in [4.78, 5) is 50.4. The highest BCUT2D eigenvalue weighted by Gasteiger charge is 2.26. The van der Waals surface area contributed by atoms with Gasteiger partial charge >= 0.3 is 12.2 Å². The average molecular weight is 694 g/mol. The molecule has 3 N–H and O–H groups in total. The number of pyridine rings is 1. The Balaban J connectivity index is 1.56. The van der Waals surface area contributed by atoms with Crippen molar-refractivity contribution in [1.82, 2.24) is 29.7 Å². The van der Waals surface area contributed by atoms with Crippen molar-refractivity contribution in [3.05, 3.63) is 75.5 Å². The highest BCUT2D eigenvalue weighted by Crippen LogP contribution is 2.22. The minimum atomic E-state index is -0.727. The molecular formula is C34H44FN9O4S. The maximum Gasteiger partial charge on any atom is 0.420 e. The first-order valence-corrected chi connectivity index (χ1v) is 16.7. The van der Waals surface area contributed by atoms with Crippen molar-refractivity contribution in [2.45, 2.75) is 78.7 Å². The Morgan fingerprint density at radius 3 is 2.49 bits per heavy atom. The van der Waals surface area contributed by atoms with Crippen LogP contribution in [0.2, 0.25) is 0 Å². The van der Waals surface area contributed by atoms with Gasteiger partial charge in [0, 0.05) is 51.1 Å². The molecule has 4 rings (SSSR count). The number of nitrogens with one attached hydrogen (secondary N) is 1. The monoisotopic (exact) mass is 693 g/mol. The molecule has 262 valence electrons. The summed E-state index contributed by atoms with van der Waals surface area (Å²) in [6.07, 6.45) is 2.57. The van der Waals surface area contributed by atoms with Crippen molar-refractivity contribution in [2.24, 2.45) is 15.7 Å². The topological polar surface area (TPSA) is 162 Å². The number of nitrogens with zero attached hydrogens (tertiary/aromatic N) is 7. The maximum absolute atomic E-state index is 14.2. The summed E-state index contributed by atoms with van der Waals surface area (Å²) in [7, 11) is 1.61. The Kier molecular flexibility index (Phi) is 12.2. The van der Waals surface area contributed by atoms with Gasteiger partial charge in [-0.2, -0.15) is 0 Å². The van der Waals surface area contributed by atoms with E-state index in [2.05, 4.69) is 20.3 Å². The van der Waals surface area contributed by atoms with Gasteiger partial charge in [-0.05, 0) is 71.4 Å². The molecule has 4 aromatic rings. The molecule has 3 heterocycles. The lowest BCUT2D eigenvalue weighted by atomic mass is 10.2. The number of amidine groups is 1. The van der Waals surface area contributed by atoms with Gasteiger partial charge in [-0.1, -0.05) is 6.07 Å². The molecule has 0 aliphatic heterocycles. The van der Waals surface area contributed by atoms with E-state index in [4.69, 9.17) is 25.2 Å². The van der Waals surface area contributed by atoms with Crippen LogP contribution in [0.3, 0.4) is 0 Å². The Hall–Kier alpha value is -4.76. The lowest BCUT2D eigenvalue weighted by Crippen LogP contribution is -2.39. The van der Waals surface area contributed by atoms with Crippen LogP contribution in [0.4, 0.5) is 14.0 Å². The number of aromatic nitrogens is 4. The number of carbonyl (C=O) groups is 2. The van der Waals surface area contributed by atoms with Crippen molar-refractivity contribution in [3.8, 4) is 0 Å². The summed E-state index contributed by atoms with van der Waals surface area (Å²) >= 11 is 1.40. The minimum Gasteiger partial charge on any atom is -0.444 e. The molecule has 0 bridgehead atoms. The lowest BCUT2D eigenvalue weighted by molar-refractivity contribution is 0.0253. The molecule has 0 aliphatic carbocycles. The quantitative estimate of drug-likeness (QED) is 0.153. The predicted octanol–water partition coefficient (Wildman–Crippen LogP) is 5.49. The molecule has 0 saturated heterocycles. The van der Waals surface area contributed by atoms with E-state index in [9.17, 15) is 14.0 Å². The molecule has 0 aliphatic rings. The summed E-state index contributed by atoms with van der Waals surface area (Å²) in [5, 5.41) is 5.57. The molecule has 0 fully saturated rings. The molecule has 49 heavy (non-hydrogen) atoms. The minimum absolute atomic E-state index is 0.00739. The van der Waals surface area contributed by atoms with E-state index < -0.39 is 29.2 Å². The number of thiazole rings is 1. The van der Waals surface area contributed by atoms with Crippen LogP contribution < -0.4 is 11.1 Å². The van der Waals surface area contributed by atoms with Crippen LogP contribution in [0.1, 0.15) is 69.3 Å². The van der Waals surface area contributed by atoms with Crippen molar-refractivity contribution < 1.29 is 23.5 Å². The second-order valence-electron chi connectivity index (χ2n) is 13.1. The largest absolute Gasteiger partial charge is 0.444 e. The van der Waals surface area contributed by atoms with Gasteiger partial charge in [0.15, 0.2) is 5.84 Å². The van der Waals surface area contributed by atoms with Crippen molar-refractivity contribution in [3.63, 3.8) is 0 Å². The fraction of sp³-hybridized carbons (Fsp3) is 0.441. The van der Waals surface area contributed by atoms with Crippen LogP contribution in [0, 0.1) is 5.82 Å². The van der Waals surface area contributed by atoms with E-state index in [-0.39, 0.29) is 31.7 Å². The van der Waals surface area contributed by atoms with Gasteiger partial charge in [-0.15, -0.1) is 11.3 Å². The molecule has 13 nitrogen and oxygen atoms in total. The number of benzene rings is 1. The van der Waals surface area contributed by atoms with E-state index in [1.807, 2.05) is 17.5 Å². The van der Waals surface area contributed by atoms with Crippen molar-refractivity contribution in [2.75, 3.05) is 20.1 Å². The Morgan fingerprint density at radius 2 is 1.82 bits per heavy atom. The number of hydrogen-bond acceptors (Lipinski definition) is 11. The molecule has 0 radical (unpaired) electrons. The Morgan fingerprint density at radius 1 is 1.08 bits per heavy atom. The zero-order valence-corrected chi connectivity index (χ0v) is 29.8. The summed E-state index contributed by atoms with van der Waals surface area (Å²) in [6, 6.07) is 8.35. The Bertz CT molecular complexity index is 1820. The number of imidazole rings is 1. The third-order valence-corrected chi connectivity index (χ3v) is 7.71. The first-order chi connectivity index (χ1) is 23.2. The van der Waals surface area contributed by atoms with E-state index in [1.54, 1.807) is 59.6 Å². The van der Waals surface area contributed by atoms with Gasteiger partial charge in [-0.3, -0.25) is 15.0 Å². The summed E-state index contributed by atoms with van der Waals surface area (Å²) in [5.74, 6) is 0.399. The number of ether oxygens (including phenoxy) is 2. The third kappa shape index (κ3) is 10.6. The fourth-order valence-electron chi connectivity index (χ4n) is 4.62. The van der Waals surface area contributed by atoms with Crippen LogP contribution >= 0.6 is 11.3 Å². The molecule has 0 unspecified atom stereocenters. The van der Waals surface area contributed by atoms with Gasteiger partial charge in [0.25, 0.3) is 0 Å². The second kappa shape index (κ2) is 16.1. The smallest absolute Gasteiger partial charge is 0.420 e. The number of fused-ring (bicyclic) bond motifs is 1. The van der Waals surface area contributed by atoms with Crippen LogP contribution in [-0.4, -0.2) is 80.1 Å². The van der Waals surface area contributed by atoms with E-state index in [0.717, 1.165) is 10.6 Å². The number of halogens is 1. The normalized spacial score (nSPS) is 12.5. The first-order valence-electron chi connectivity index (χ1n) is 15.8. The van der Waals surface area contributed by atoms with E-state index >= 15 is 0 Å². The summed E-state index contributed by atoms with van der Waals surface area (Å²) < 4.78 is 27.1. The maximum atomic E-state index is 14.2. The number of amides is 1. The number of hydrogen-bond donors (Lipinski definition) is 2. The van der Waals surface area contributed by atoms with Crippen molar-refractivity contribution in [1.29, 1.82) is 0 Å². The van der Waals surface area contributed by atoms with Gasteiger partial charge in [0.2, 0.25) is 0 Å². The number of nitrogens with two attached hydrogens (primary N) is 1. The van der Waals surface area contributed by atoms with Gasteiger partial charge in [0.1, 0.15) is 28.5 Å². The molecule has 15 heteroatoms. The molecule has 1 aromatic carbocycles. The molecule has 0 atom stereocenters. The summed E-state index contributed by atoms with van der Waals surface area (Å²) in [6.45, 7) is 11.6. The second-order valence-corrected chi connectivity index (χ2v) is 14.0. The van der Waals surface area contributed by atoms with Crippen molar-refractivity contribution >= 4 is 46.7 Å².